The van der Waals surface area contributed by atoms with Crippen LogP contribution in [0, 0.1) is 0 Å². The summed E-state index contributed by atoms with van der Waals surface area (Å²) in [5, 5.41) is 3.33. The lowest BCUT2D eigenvalue weighted by Gasteiger charge is -2.32. The SMILES string of the molecule is CCCC(NCCN)[Si](OC)(OC)OC. The fourth-order valence-corrected chi connectivity index (χ4v) is 4.02. The quantitative estimate of drug-likeness (QED) is 0.557. The van der Waals surface area contributed by atoms with Crippen LogP contribution < -0.4 is 11.1 Å². The lowest BCUT2D eigenvalue weighted by atomic mass is 10.3. The van der Waals surface area contributed by atoms with Crippen LogP contribution in [0.15, 0.2) is 0 Å². The van der Waals surface area contributed by atoms with Gasteiger partial charge in [-0.1, -0.05) is 13.3 Å². The minimum atomic E-state index is -2.57. The molecule has 0 aliphatic rings. The van der Waals surface area contributed by atoms with Crippen LogP contribution in [0.1, 0.15) is 19.8 Å². The zero-order valence-corrected chi connectivity index (χ0v) is 11.2. The second kappa shape index (κ2) is 8.20. The highest BCUT2D eigenvalue weighted by Gasteiger charge is 2.46. The van der Waals surface area contributed by atoms with Crippen LogP contribution in [-0.2, 0) is 13.3 Å². The molecule has 0 aromatic rings. The number of hydrogen-bond donors (Lipinski definition) is 2. The van der Waals surface area contributed by atoms with E-state index in [9.17, 15) is 0 Å². The molecule has 1 atom stereocenters. The molecule has 3 N–H and O–H groups in total. The molecule has 92 valence electrons. The minimum absolute atomic E-state index is 0.117. The van der Waals surface area contributed by atoms with Gasteiger partial charge in [-0.15, -0.1) is 0 Å². The van der Waals surface area contributed by atoms with E-state index in [1.165, 1.54) is 0 Å². The molecule has 0 rings (SSSR count). The minimum Gasteiger partial charge on any atom is -0.376 e. The molecule has 0 saturated carbocycles. The van der Waals surface area contributed by atoms with Crippen LogP contribution >= 0.6 is 0 Å². The first-order valence-electron chi connectivity index (χ1n) is 5.29. The average molecular weight is 236 g/mol. The van der Waals surface area contributed by atoms with Crippen molar-refractivity contribution >= 4 is 8.80 Å². The zero-order valence-electron chi connectivity index (χ0n) is 10.2. The molecule has 6 heteroatoms. The summed E-state index contributed by atoms with van der Waals surface area (Å²) in [5.41, 5.74) is 5.59. The lowest BCUT2D eigenvalue weighted by molar-refractivity contribution is 0.105. The Morgan fingerprint density at radius 3 is 2.07 bits per heavy atom. The molecular weight excluding hydrogens is 212 g/mol. The zero-order chi connectivity index (χ0) is 11.7. The summed E-state index contributed by atoms with van der Waals surface area (Å²) in [6.07, 6.45) is 2.01. The van der Waals surface area contributed by atoms with Crippen molar-refractivity contribution in [3.8, 4) is 0 Å². The second-order valence-corrected chi connectivity index (χ2v) is 6.43. The van der Waals surface area contributed by atoms with Gasteiger partial charge in [0.25, 0.3) is 0 Å². The van der Waals surface area contributed by atoms with Crippen molar-refractivity contribution in [2.75, 3.05) is 34.4 Å². The maximum absolute atomic E-state index is 5.47. The van der Waals surface area contributed by atoms with E-state index >= 15 is 0 Å². The van der Waals surface area contributed by atoms with Crippen molar-refractivity contribution in [2.45, 2.75) is 25.4 Å². The van der Waals surface area contributed by atoms with Crippen molar-refractivity contribution in [1.82, 2.24) is 5.32 Å². The predicted molar refractivity (Wildman–Crippen MR) is 62.5 cm³/mol. The van der Waals surface area contributed by atoms with Crippen LogP contribution in [0.2, 0.25) is 0 Å². The Labute approximate surface area is 93.6 Å². The highest BCUT2D eigenvalue weighted by atomic mass is 28.4. The molecule has 15 heavy (non-hydrogen) atoms. The van der Waals surface area contributed by atoms with Crippen LogP contribution in [0.3, 0.4) is 0 Å². The summed E-state index contributed by atoms with van der Waals surface area (Å²) in [4.78, 5) is 0. The summed E-state index contributed by atoms with van der Waals surface area (Å²) in [6.45, 7) is 3.47. The Morgan fingerprint density at radius 2 is 1.73 bits per heavy atom. The van der Waals surface area contributed by atoms with Crippen molar-refractivity contribution in [2.24, 2.45) is 5.73 Å². The number of hydrogen-bond acceptors (Lipinski definition) is 5. The highest BCUT2D eigenvalue weighted by molar-refractivity contribution is 6.62. The molecule has 0 spiro atoms. The number of nitrogens with one attached hydrogen (secondary N) is 1. The first kappa shape index (κ1) is 15.0. The van der Waals surface area contributed by atoms with Crippen molar-refractivity contribution < 1.29 is 13.3 Å². The number of nitrogens with two attached hydrogens (primary N) is 1. The Bertz CT molecular complexity index is 148. The van der Waals surface area contributed by atoms with Gasteiger partial charge in [-0.2, -0.15) is 0 Å². The fraction of sp³-hybridized carbons (Fsp3) is 1.00. The molecule has 0 radical (unpaired) electrons. The van der Waals surface area contributed by atoms with E-state index in [1.807, 2.05) is 0 Å². The van der Waals surface area contributed by atoms with Gasteiger partial charge in [-0.25, -0.2) is 0 Å². The largest absolute Gasteiger partial charge is 0.518 e. The molecular formula is C9H24N2O3Si. The highest BCUT2D eigenvalue weighted by Crippen LogP contribution is 2.15. The van der Waals surface area contributed by atoms with E-state index in [0.717, 1.165) is 19.4 Å². The fourth-order valence-electron chi connectivity index (χ4n) is 1.63. The van der Waals surface area contributed by atoms with Crippen LogP contribution in [-0.4, -0.2) is 48.9 Å². The molecule has 0 fully saturated rings. The van der Waals surface area contributed by atoms with Crippen LogP contribution in [0.25, 0.3) is 0 Å². The monoisotopic (exact) mass is 236 g/mol. The summed E-state index contributed by atoms with van der Waals surface area (Å²) in [6, 6.07) is 0. The van der Waals surface area contributed by atoms with Crippen molar-refractivity contribution in [3.63, 3.8) is 0 Å². The van der Waals surface area contributed by atoms with Gasteiger partial charge in [0.2, 0.25) is 0 Å². The average Bonchev–Trinajstić information content (AvgIpc) is 2.28. The lowest BCUT2D eigenvalue weighted by Crippen LogP contribution is -2.60. The van der Waals surface area contributed by atoms with Gasteiger partial charge in [0, 0.05) is 34.4 Å². The van der Waals surface area contributed by atoms with E-state index in [-0.39, 0.29) is 5.67 Å². The smallest absolute Gasteiger partial charge is 0.376 e. The summed E-state index contributed by atoms with van der Waals surface area (Å²) in [5.74, 6) is 0. The van der Waals surface area contributed by atoms with Crippen LogP contribution in [0.4, 0.5) is 0 Å². The third-order valence-electron chi connectivity index (χ3n) is 2.39. The van der Waals surface area contributed by atoms with Crippen LogP contribution in [0.5, 0.6) is 0 Å². The van der Waals surface area contributed by atoms with E-state index in [1.54, 1.807) is 21.3 Å². The van der Waals surface area contributed by atoms with Gasteiger partial charge in [0.15, 0.2) is 0 Å². The van der Waals surface area contributed by atoms with E-state index in [2.05, 4.69) is 12.2 Å². The molecule has 1 unspecified atom stereocenters. The standard InChI is InChI=1S/C9H24N2O3Si/c1-5-6-9(11-8-7-10)15(12-2,13-3)14-4/h9,11H,5-8,10H2,1-4H3. The van der Waals surface area contributed by atoms with Crippen molar-refractivity contribution in [3.05, 3.63) is 0 Å². The van der Waals surface area contributed by atoms with E-state index in [0.29, 0.717) is 6.54 Å². The third kappa shape index (κ3) is 4.18. The second-order valence-electron chi connectivity index (χ2n) is 3.30. The van der Waals surface area contributed by atoms with Crippen molar-refractivity contribution in [1.29, 1.82) is 0 Å². The molecule has 0 saturated heterocycles. The maximum Gasteiger partial charge on any atom is 0.518 e. The topological polar surface area (TPSA) is 65.7 Å². The third-order valence-corrected chi connectivity index (χ3v) is 5.45. The summed E-state index contributed by atoms with van der Waals surface area (Å²) >= 11 is 0. The van der Waals surface area contributed by atoms with E-state index < -0.39 is 8.80 Å². The Balaban J connectivity index is 4.50. The van der Waals surface area contributed by atoms with Gasteiger partial charge in [0.1, 0.15) is 0 Å². The molecule has 0 bridgehead atoms. The summed E-state index contributed by atoms with van der Waals surface area (Å²) < 4.78 is 16.3. The summed E-state index contributed by atoms with van der Waals surface area (Å²) in [7, 11) is 2.32. The van der Waals surface area contributed by atoms with Gasteiger partial charge in [-0.3, -0.25) is 0 Å². The molecule has 0 aromatic carbocycles. The van der Waals surface area contributed by atoms with Gasteiger partial charge >= 0.3 is 8.80 Å². The molecule has 5 nitrogen and oxygen atoms in total. The Morgan fingerprint density at radius 1 is 1.20 bits per heavy atom. The number of rotatable bonds is 9. The Hall–Kier alpha value is 0.0169. The molecule has 0 aliphatic carbocycles. The maximum atomic E-state index is 5.47. The van der Waals surface area contributed by atoms with Gasteiger partial charge in [-0.05, 0) is 6.42 Å². The molecule has 0 amide bonds. The normalized spacial score (nSPS) is 14.2. The van der Waals surface area contributed by atoms with E-state index in [4.69, 9.17) is 19.0 Å². The van der Waals surface area contributed by atoms with Gasteiger partial charge in [0.05, 0.1) is 5.67 Å². The molecule has 0 heterocycles. The molecule has 0 aliphatic heterocycles. The van der Waals surface area contributed by atoms with Gasteiger partial charge < -0.3 is 24.3 Å². The Kier molecular flexibility index (Phi) is 8.21. The predicted octanol–water partition coefficient (Wildman–Crippen LogP) is 0.121. The first-order valence-corrected chi connectivity index (χ1v) is 7.09. The molecule has 0 aromatic heterocycles. The first-order chi connectivity index (χ1) is 7.20.